The van der Waals surface area contributed by atoms with Gasteiger partial charge in [0.15, 0.2) is 17.3 Å². The zero-order valence-corrected chi connectivity index (χ0v) is 19.6. The Morgan fingerprint density at radius 2 is 1.94 bits per heavy atom. The minimum atomic E-state index is -0.500. The van der Waals surface area contributed by atoms with Gasteiger partial charge in [0.25, 0.3) is 5.91 Å². The molecule has 10 heteroatoms. The molecule has 0 saturated carbocycles. The summed E-state index contributed by atoms with van der Waals surface area (Å²) >= 11 is 7.75. The van der Waals surface area contributed by atoms with Gasteiger partial charge in [0.05, 0.1) is 17.7 Å². The van der Waals surface area contributed by atoms with Crippen LogP contribution in [-0.4, -0.2) is 47.3 Å². The number of thioether (sulfide) groups is 1. The summed E-state index contributed by atoms with van der Waals surface area (Å²) in [6.07, 6.45) is 2.25. The number of para-hydroxylation sites is 1. The number of nitrogens with zero attached hydrogens (tertiary/aromatic N) is 3. The van der Waals surface area contributed by atoms with E-state index in [1.807, 2.05) is 37.3 Å². The number of rotatable bonds is 8. The molecule has 2 aromatic carbocycles. The molecule has 1 amide bonds. The molecule has 0 radical (unpaired) electrons. The number of carbonyl (C=O) groups is 1. The van der Waals surface area contributed by atoms with Crippen LogP contribution in [0.4, 0.5) is 0 Å². The summed E-state index contributed by atoms with van der Waals surface area (Å²) in [5.74, 6) is 0.986. The standard InChI is InChI=1S/C23H21ClN4O4S/c1-3-19-27-28-21(25)16(22(29)26-23(28)33-19)11-14-12-17(24)20(18(13-14)30-2)32-10-9-31-15-7-5-4-6-8-15/h4-8,11-13,25H,3,9-10H2,1-2H3/b16-11-,25-21?. The van der Waals surface area contributed by atoms with E-state index in [-0.39, 0.29) is 18.0 Å². The fraction of sp³-hybridized carbons (Fsp3) is 0.217. The van der Waals surface area contributed by atoms with Crippen molar-refractivity contribution in [2.75, 3.05) is 20.3 Å². The number of benzene rings is 2. The van der Waals surface area contributed by atoms with E-state index >= 15 is 0 Å². The third-order valence-corrected chi connectivity index (χ3v) is 6.04. The van der Waals surface area contributed by atoms with Crippen LogP contribution in [0.5, 0.6) is 17.2 Å². The highest BCUT2D eigenvalue weighted by atomic mass is 35.5. The molecule has 0 fully saturated rings. The van der Waals surface area contributed by atoms with Gasteiger partial charge < -0.3 is 14.2 Å². The molecule has 0 spiro atoms. The number of aliphatic imine (C=N–C) groups is 1. The Hall–Kier alpha value is -3.30. The van der Waals surface area contributed by atoms with E-state index in [4.69, 9.17) is 31.2 Å². The van der Waals surface area contributed by atoms with Gasteiger partial charge in [-0.25, -0.2) is 0 Å². The van der Waals surface area contributed by atoms with Crippen LogP contribution in [0, 0.1) is 5.41 Å². The number of hydrogen-bond acceptors (Lipinski definition) is 7. The Morgan fingerprint density at radius 1 is 1.18 bits per heavy atom. The van der Waals surface area contributed by atoms with E-state index in [1.165, 1.54) is 23.9 Å². The topological polar surface area (TPSA) is 96.6 Å². The molecule has 0 atom stereocenters. The van der Waals surface area contributed by atoms with E-state index in [0.29, 0.717) is 40.3 Å². The Labute approximate surface area is 200 Å². The third-order valence-electron chi connectivity index (χ3n) is 4.70. The number of halogens is 1. The maximum absolute atomic E-state index is 12.6. The fourth-order valence-corrected chi connectivity index (χ4v) is 4.22. The van der Waals surface area contributed by atoms with Gasteiger partial charge in [-0.3, -0.25) is 10.2 Å². The van der Waals surface area contributed by atoms with Crippen LogP contribution in [-0.2, 0) is 4.79 Å². The summed E-state index contributed by atoms with van der Waals surface area (Å²) in [4.78, 5) is 16.6. The van der Waals surface area contributed by atoms with Crippen LogP contribution in [0.25, 0.3) is 6.08 Å². The lowest BCUT2D eigenvalue weighted by Gasteiger charge is -2.20. The highest BCUT2D eigenvalue weighted by Crippen LogP contribution is 2.37. The second-order valence-corrected chi connectivity index (χ2v) is 8.36. The van der Waals surface area contributed by atoms with Crippen molar-refractivity contribution in [3.63, 3.8) is 0 Å². The Kier molecular flexibility index (Phi) is 7.00. The predicted octanol–water partition coefficient (Wildman–Crippen LogP) is 4.84. The SMILES string of the molecule is CCC1=NN2C(=N)/C(=C/c3cc(Cl)c(OCCOc4ccccc4)c(OC)c3)C(=O)N=C2S1. The first kappa shape index (κ1) is 22.9. The first-order valence-electron chi connectivity index (χ1n) is 10.2. The van der Waals surface area contributed by atoms with Crippen molar-refractivity contribution in [1.29, 1.82) is 5.41 Å². The molecule has 0 unspecified atom stereocenters. The van der Waals surface area contributed by atoms with Crippen LogP contribution in [0.15, 0.2) is 58.1 Å². The molecule has 2 aliphatic rings. The molecule has 0 bridgehead atoms. The number of carbonyl (C=O) groups excluding carboxylic acids is 1. The first-order chi connectivity index (χ1) is 16.0. The molecule has 2 aromatic rings. The predicted molar refractivity (Wildman–Crippen MR) is 131 cm³/mol. The molecular formula is C23H21ClN4O4S. The van der Waals surface area contributed by atoms with Crippen molar-refractivity contribution in [2.45, 2.75) is 13.3 Å². The van der Waals surface area contributed by atoms with Gasteiger partial charge >= 0.3 is 0 Å². The zero-order valence-electron chi connectivity index (χ0n) is 18.0. The Morgan fingerprint density at radius 3 is 2.67 bits per heavy atom. The summed E-state index contributed by atoms with van der Waals surface area (Å²) in [5, 5.41) is 15.7. The van der Waals surface area contributed by atoms with E-state index < -0.39 is 5.91 Å². The number of methoxy groups -OCH3 is 1. The number of ether oxygens (including phenoxy) is 3. The highest BCUT2D eigenvalue weighted by Gasteiger charge is 2.35. The van der Waals surface area contributed by atoms with E-state index in [0.717, 1.165) is 10.8 Å². The van der Waals surface area contributed by atoms with Gasteiger partial charge in [0.1, 0.15) is 24.0 Å². The van der Waals surface area contributed by atoms with Crippen LogP contribution in [0.3, 0.4) is 0 Å². The number of hydrazone groups is 1. The lowest BCUT2D eigenvalue weighted by atomic mass is 10.1. The number of amides is 1. The van der Waals surface area contributed by atoms with Gasteiger partial charge in [-0.15, -0.1) is 0 Å². The Balaban J connectivity index is 1.50. The van der Waals surface area contributed by atoms with Crippen LogP contribution < -0.4 is 14.2 Å². The number of amidine groups is 2. The number of nitrogens with one attached hydrogen (secondary N) is 1. The molecular weight excluding hydrogens is 464 g/mol. The molecule has 2 aliphatic heterocycles. The molecule has 1 N–H and O–H groups in total. The fourth-order valence-electron chi connectivity index (χ4n) is 3.12. The average Bonchev–Trinajstić information content (AvgIpc) is 3.24. The summed E-state index contributed by atoms with van der Waals surface area (Å²) in [6.45, 7) is 2.55. The molecule has 4 rings (SSSR count). The molecule has 0 aliphatic carbocycles. The van der Waals surface area contributed by atoms with Crippen LogP contribution in [0.1, 0.15) is 18.9 Å². The van der Waals surface area contributed by atoms with E-state index in [2.05, 4.69) is 10.1 Å². The molecule has 170 valence electrons. The number of fused-ring (bicyclic) bond motifs is 1. The van der Waals surface area contributed by atoms with E-state index in [1.54, 1.807) is 18.2 Å². The van der Waals surface area contributed by atoms with Gasteiger partial charge in [-0.05, 0) is 54.1 Å². The van der Waals surface area contributed by atoms with Crippen molar-refractivity contribution in [2.24, 2.45) is 10.1 Å². The van der Waals surface area contributed by atoms with Crippen LogP contribution in [0.2, 0.25) is 5.02 Å². The summed E-state index contributed by atoms with van der Waals surface area (Å²) in [7, 11) is 1.50. The number of hydrogen-bond donors (Lipinski definition) is 1. The Bertz CT molecular complexity index is 1180. The minimum Gasteiger partial charge on any atom is -0.493 e. The molecule has 0 saturated heterocycles. The monoisotopic (exact) mass is 484 g/mol. The lowest BCUT2D eigenvalue weighted by Crippen LogP contribution is -2.35. The van der Waals surface area contributed by atoms with Gasteiger partial charge in [-0.1, -0.05) is 36.7 Å². The van der Waals surface area contributed by atoms with Crippen molar-refractivity contribution < 1.29 is 19.0 Å². The maximum Gasteiger partial charge on any atom is 0.283 e. The molecule has 2 heterocycles. The minimum absolute atomic E-state index is 0.0329. The van der Waals surface area contributed by atoms with Crippen LogP contribution >= 0.6 is 23.4 Å². The zero-order chi connectivity index (χ0) is 23.4. The lowest BCUT2D eigenvalue weighted by molar-refractivity contribution is -0.114. The molecule has 0 aromatic heterocycles. The smallest absolute Gasteiger partial charge is 0.283 e. The summed E-state index contributed by atoms with van der Waals surface area (Å²) < 4.78 is 16.9. The summed E-state index contributed by atoms with van der Waals surface area (Å²) in [5.41, 5.74) is 0.687. The third kappa shape index (κ3) is 5.04. The largest absolute Gasteiger partial charge is 0.493 e. The van der Waals surface area contributed by atoms with Gasteiger partial charge in [-0.2, -0.15) is 15.1 Å². The second kappa shape index (κ2) is 10.1. The average molecular weight is 485 g/mol. The van der Waals surface area contributed by atoms with Crippen molar-refractivity contribution in [3.05, 3.63) is 58.6 Å². The highest BCUT2D eigenvalue weighted by molar-refractivity contribution is 8.26. The summed E-state index contributed by atoms with van der Waals surface area (Å²) in [6, 6.07) is 12.8. The first-order valence-corrected chi connectivity index (χ1v) is 11.4. The quantitative estimate of drug-likeness (QED) is 0.425. The normalized spacial score (nSPS) is 16.5. The molecule has 33 heavy (non-hydrogen) atoms. The van der Waals surface area contributed by atoms with Gasteiger partial charge in [0, 0.05) is 0 Å². The maximum atomic E-state index is 12.6. The molecule has 8 nitrogen and oxygen atoms in total. The second-order valence-electron chi connectivity index (χ2n) is 6.91. The van der Waals surface area contributed by atoms with Crippen molar-refractivity contribution in [3.8, 4) is 17.2 Å². The van der Waals surface area contributed by atoms with Crippen molar-refractivity contribution >= 4 is 51.4 Å². The van der Waals surface area contributed by atoms with Gasteiger partial charge in [0.2, 0.25) is 5.17 Å². The van der Waals surface area contributed by atoms with Crippen molar-refractivity contribution in [1.82, 2.24) is 5.01 Å². The van der Waals surface area contributed by atoms with E-state index in [9.17, 15) is 4.79 Å².